The van der Waals surface area contributed by atoms with Gasteiger partial charge in [0.15, 0.2) is 0 Å². The van der Waals surface area contributed by atoms with Gasteiger partial charge in [0.25, 0.3) is 0 Å². The van der Waals surface area contributed by atoms with Crippen molar-refractivity contribution < 1.29 is 0 Å². The van der Waals surface area contributed by atoms with Crippen LogP contribution in [0.3, 0.4) is 0 Å². The zero-order valence-corrected chi connectivity index (χ0v) is 15.5. The predicted molar refractivity (Wildman–Crippen MR) is 93.6 cm³/mol. The molecule has 2 nitrogen and oxygen atoms in total. The predicted octanol–water partition coefficient (Wildman–Crippen LogP) is 4.73. The molecule has 0 radical (unpaired) electrons. The number of thiazole rings is 1. The Morgan fingerprint density at radius 3 is 2.35 bits per heavy atom. The monoisotopic (exact) mass is 314 g/mol. The second-order valence-corrected chi connectivity index (χ2v) is 8.72. The molecule has 1 rings (SSSR count). The summed E-state index contributed by atoms with van der Waals surface area (Å²) in [6.45, 7) is 14.4. The number of rotatable bonds is 9. The molecule has 0 saturated carbocycles. The Labute approximate surface area is 133 Å². The van der Waals surface area contributed by atoms with E-state index >= 15 is 0 Å². The van der Waals surface area contributed by atoms with Crippen molar-refractivity contribution in [3.8, 4) is 0 Å². The Kier molecular flexibility index (Phi) is 8.15. The lowest BCUT2D eigenvalue weighted by Gasteiger charge is -2.08. The molecule has 1 aromatic heterocycles. The van der Waals surface area contributed by atoms with Gasteiger partial charge in [0.2, 0.25) is 0 Å². The first kappa shape index (κ1) is 18.0. The van der Waals surface area contributed by atoms with Crippen LogP contribution < -0.4 is 5.32 Å². The van der Waals surface area contributed by atoms with Crippen LogP contribution in [0.15, 0.2) is 0 Å². The van der Waals surface area contributed by atoms with Crippen molar-refractivity contribution in [2.45, 2.75) is 66.3 Å². The van der Waals surface area contributed by atoms with Gasteiger partial charge in [-0.3, -0.25) is 0 Å². The van der Waals surface area contributed by atoms with Crippen LogP contribution in [0, 0.1) is 11.8 Å². The van der Waals surface area contributed by atoms with E-state index in [9.17, 15) is 0 Å². The zero-order chi connectivity index (χ0) is 15.1. The summed E-state index contributed by atoms with van der Waals surface area (Å²) in [6.07, 6.45) is 1.10. The summed E-state index contributed by atoms with van der Waals surface area (Å²) in [6, 6.07) is 0.530. The minimum Gasteiger partial charge on any atom is -0.310 e. The molecular formula is C16H30N2S2. The first-order valence-electron chi connectivity index (χ1n) is 7.67. The fraction of sp³-hybridized carbons (Fsp3) is 0.812. The van der Waals surface area contributed by atoms with Crippen LogP contribution in [0.5, 0.6) is 0 Å². The molecule has 0 aromatic carbocycles. The van der Waals surface area contributed by atoms with E-state index in [2.05, 4.69) is 46.9 Å². The Morgan fingerprint density at radius 2 is 1.80 bits per heavy atom. The van der Waals surface area contributed by atoms with Gasteiger partial charge in [-0.2, -0.15) is 11.8 Å². The lowest BCUT2D eigenvalue weighted by atomic mass is 10.1. The highest BCUT2D eigenvalue weighted by molar-refractivity contribution is 7.98. The fourth-order valence-corrected chi connectivity index (χ4v) is 4.02. The number of hydrogen-bond acceptors (Lipinski definition) is 4. The molecule has 4 heteroatoms. The first-order chi connectivity index (χ1) is 9.38. The minimum atomic E-state index is 0.530. The molecule has 0 amide bonds. The molecule has 0 fully saturated rings. The highest BCUT2D eigenvalue weighted by Gasteiger charge is 2.13. The average Bonchev–Trinajstić information content (AvgIpc) is 2.67. The van der Waals surface area contributed by atoms with Crippen LogP contribution in [0.1, 0.15) is 57.1 Å². The van der Waals surface area contributed by atoms with Crippen molar-refractivity contribution in [1.82, 2.24) is 10.3 Å². The molecule has 0 aliphatic rings. The van der Waals surface area contributed by atoms with E-state index in [0.717, 1.165) is 24.6 Å². The molecule has 0 unspecified atom stereocenters. The van der Waals surface area contributed by atoms with Crippen LogP contribution in [-0.4, -0.2) is 16.8 Å². The molecule has 0 bridgehead atoms. The van der Waals surface area contributed by atoms with E-state index < -0.39 is 0 Å². The van der Waals surface area contributed by atoms with Crippen molar-refractivity contribution in [3.63, 3.8) is 0 Å². The molecule has 0 spiro atoms. The van der Waals surface area contributed by atoms with Gasteiger partial charge in [-0.15, -0.1) is 11.3 Å². The molecule has 20 heavy (non-hydrogen) atoms. The minimum absolute atomic E-state index is 0.530. The summed E-state index contributed by atoms with van der Waals surface area (Å²) < 4.78 is 0. The molecule has 0 atom stereocenters. The third-order valence-electron chi connectivity index (χ3n) is 2.77. The maximum atomic E-state index is 4.88. The van der Waals surface area contributed by atoms with Gasteiger partial charge >= 0.3 is 0 Å². The lowest BCUT2D eigenvalue weighted by molar-refractivity contribution is 0.581. The van der Waals surface area contributed by atoms with Crippen molar-refractivity contribution in [2.24, 2.45) is 11.8 Å². The Morgan fingerprint density at radius 1 is 1.10 bits per heavy atom. The SMILES string of the molecule is CC(C)CSCc1nc(CC(C)C)c(CNC(C)C)s1. The summed E-state index contributed by atoms with van der Waals surface area (Å²) in [7, 11) is 0. The third-order valence-corrected chi connectivity index (χ3v) is 5.43. The summed E-state index contributed by atoms with van der Waals surface area (Å²) in [5, 5.41) is 4.82. The third kappa shape index (κ3) is 7.09. The van der Waals surface area contributed by atoms with E-state index in [4.69, 9.17) is 4.98 Å². The number of aromatic nitrogens is 1. The van der Waals surface area contributed by atoms with E-state index in [1.165, 1.54) is 21.3 Å². The molecule has 0 saturated heterocycles. The quantitative estimate of drug-likeness (QED) is 0.713. The maximum absolute atomic E-state index is 4.88. The Bertz CT molecular complexity index is 384. The van der Waals surface area contributed by atoms with Gasteiger partial charge in [-0.05, 0) is 24.0 Å². The standard InChI is InChI=1S/C16H30N2S2/c1-11(2)7-14-15(8-17-13(5)6)20-16(18-14)10-19-9-12(3)4/h11-13,17H,7-10H2,1-6H3. The molecule has 0 aliphatic heterocycles. The highest BCUT2D eigenvalue weighted by atomic mass is 32.2. The Balaban J connectivity index is 2.66. The smallest absolute Gasteiger partial charge is 0.103 e. The second kappa shape index (κ2) is 9.06. The topological polar surface area (TPSA) is 24.9 Å². The van der Waals surface area contributed by atoms with Gasteiger partial charge in [0, 0.05) is 23.2 Å². The first-order valence-corrected chi connectivity index (χ1v) is 9.64. The molecule has 1 N–H and O–H groups in total. The second-order valence-electron chi connectivity index (χ2n) is 6.52. The van der Waals surface area contributed by atoms with Gasteiger partial charge in [-0.1, -0.05) is 41.5 Å². The molecule has 1 aromatic rings. The number of thioether (sulfide) groups is 1. The number of nitrogens with one attached hydrogen (secondary N) is 1. The van der Waals surface area contributed by atoms with E-state index in [1.807, 2.05) is 23.1 Å². The summed E-state index contributed by atoms with van der Waals surface area (Å²) in [4.78, 5) is 6.32. The van der Waals surface area contributed by atoms with Crippen molar-refractivity contribution in [3.05, 3.63) is 15.6 Å². The largest absolute Gasteiger partial charge is 0.310 e. The summed E-state index contributed by atoms with van der Waals surface area (Å²) >= 11 is 3.91. The molecule has 1 heterocycles. The van der Waals surface area contributed by atoms with Gasteiger partial charge < -0.3 is 5.32 Å². The maximum Gasteiger partial charge on any atom is 0.103 e. The molecular weight excluding hydrogens is 284 g/mol. The average molecular weight is 315 g/mol. The van der Waals surface area contributed by atoms with Crippen LogP contribution in [0.2, 0.25) is 0 Å². The van der Waals surface area contributed by atoms with Crippen molar-refractivity contribution in [2.75, 3.05) is 5.75 Å². The van der Waals surface area contributed by atoms with E-state index in [1.54, 1.807) is 0 Å². The fourth-order valence-electron chi connectivity index (χ4n) is 1.86. The molecule has 116 valence electrons. The summed E-state index contributed by atoms with van der Waals surface area (Å²) in [5.74, 6) is 3.72. The van der Waals surface area contributed by atoms with Gasteiger partial charge in [-0.25, -0.2) is 4.98 Å². The van der Waals surface area contributed by atoms with Gasteiger partial charge in [0.1, 0.15) is 5.01 Å². The van der Waals surface area contributed by atoms with Crippen molar-refractivity contribution >= 4 is 23.1 Å². The number of hydrogen-bond donors (Lipinski definition) is 1. The highest BCUT2D eigenvalue weighted by Crippen LogP contribution is 2.25. The Hall–Kier alpha value is -0.0600. The van der Waals surface area contributed by atoms with Crippen LogP contribution in [0.4, 0.5) is 0 Å². The number of nitrogens with zero attached hydrogens (tertiary/aromatic N) is 1. The van der Waals surface area contributed by atoms with Gasteiger partial charge in [0.05, 0.1) is 5.69 Å². The zero-order valence-electron chi connectivity index (χ0n) is 13.8. The van der Waals surface area contributed by atoms with E-state index in [0.29, 0.717) is 12.0 Å². The van der Waals surface area contributed by atoms with Crippen LogP contribution in [0.25, 0.3) is 0 Å². The van der Waals surface area contributed by atoms with E-state index in [-0.39, 0.29) is 0 Å². The molecule has 0 aliphatic carbocycles. The van der Waals surface area contributed by atoms with Crippen LogP contribution >= 0.6 is 23.1 Å². The normalized spacial score (nSPS) is 12.1. The van der Waals surface area contributed by atoms with Crippen LogP contribution in [-0.2, 0) is 18.7 Å². The lowest BCUT2D eigenvalue weighted by Crippen LogP contribution is -2.22. The summed E-state index contributed by atoms with van der Waals surface area (Å²) in [5.41, 5.74) is 1.32. The van der Waals surface area contributed by atoms with Crippen molar-refractivity contribution in [1.29, 1.82) is 0 Å².